The molecule has 2 aromatic heterocycles. The highest BCUT2D eigenvalue weighted by Crippen LogP contribution is 2.42. The lowest BCUT2D eigenvalue weighted by atomic mass is 9.95. The van der Waals surface area contributed by atoms with Crippen LogP contribution in [0.2, 0.25) is 15.2 Å². The standard InChI is InChI=1S/C21H22Cl3N5O2/c1-10-13(20(25)31-2)6-16(30)19(10)29-9-27-18-15(7-17(24)28-21(18)29)26-8-11-5-12(22)3-4-14(11)23/h3-5,7,9-10,13,16,19,25,30H,6,8H2,1-2H3,(H,26,28)/t10-,13?,16+,19?/m0/s1. The summed E-state index contributed by atoms with van der Waals surface area (Å²) in [6.45, 7) is 2.42. The van der Waals surface area contributed by atoms with Crippen LogP contribution in [-0.2, 0) is 11.3 Å². The fourth-order valence-electron chi connectivity index (χ4n) is 4.34. The van der Waals surface area contributed by atoms with Gasteiger partial charge >= 0.3 is 0 Å². The molecule has 0 aliphatic heterocycles. The number of aliphatic hydroxyl groups is 1. The van der Waals surface area contributed by atoms with Gasteiger partial charge < -0.3 is 19.7 Å². The summed E-state index contributed by atoms with van der Waals surface area (Å²) in [5, 5.41) is 23.6. The molecular weight excluding hydrogens is 461 g/mol. The molecule has 164 valence electrons. The largest absolute Gasteiger partial charge is 0.484 e. The highest BCUT2D eigenvalue weighted by atomic mass is 35.5. The molecule has 2 heterocycles. The van der Waals surface area contributed by atoms with Gasteiger partial charge in [-0.1, -0.05) is 41.7 Å². The number of ether oxygens (including phenoxy) is 1. The maximum atomic E-state index is 10.7. The predicted octanol–water partition coefficient (Wildman–Crippen LogP) is 5.19. The number of pyridine rings is 1. The SMILES string of the molecule is COC(=N)C1C[C@@H](O)C(n2cnc3c(NCc4cc(Cl)ccc4Cl)cc(Cl)nc32)[C@H]1C. The molecule has 0 bridgehead atoms. The monoisotopic (exact) mass is 481 g/mol. The van der Waals surface area contributed by atoms with Gasteiger partial charge in [0.15, 0.2) is 11.5 Å². The second-order valence-electron chi connectivity index (χ2n) is 7.73. The van der Waals surface area contributed by atoms with Crippen molar-refractivity contribution in [3.05, 3.63) is 51.4 Å². The molecule has 31 heavy (non-hydrogen) atoms. The van der Waals surface area contributed by atoms with E-state index in [9.17, 15) is 5.11 Å². The topological polar surface area (TPSA) is 96.0 Å². The molecule has 4 atom stereocenters. The zero-order valence-corrected chi connectivity index (χ0v) is 19.2. The average Bonchev–Trinajstić information content (AvgIpc) is 3.27. The highest BCUT2D eigenvalue weighted by molar-refractivity contribution is 6.33. The Hall–Kier alpha value is -2.06. The molecule has 10 heteroatoms. The van der Waals surface area contributed by atoms with Crippen molar-refractivity contribution < 1.29 is 9.84 Å². The van der Waals surface area contributed by atoms with Crippen LogP contribution in [0.5, 0.6) is 0 Å². The molecule has 1 saturated carbocycles. The number of imidazole rings is 1. The molecule has 0 radical (unpaired) electrons. The number of rotatable bonds is 5. The van der Waals surface area contributed by atoms with Crippen LogP contribution in [0.3, 0.4) is 0 Å². The van der Waals surface area contributed by atoms with Crippen molar-refractivity contribution in [1.82, 2.24) is 14.5 Å². The number of benzene rings is 1. The van der Waals surface area contributed by atoms with Crippen LogP contribution in [0.25, 0.3) is 11.2 Å². The van der Waals surface area contributed by atoms with Gasteiger partial charge in [-0.2, -0.15) is 0 Å². The molecule has 1 aromatic carbocycles. The third kappa shape index (κ3) is 4.20. The van der Waals surface area contributed by atoms with Crippen LogP contribution in [0.1, 0.15) is 24.9 Å². The molecule has 2 unspecified atom stereocenters. The van der Waals surface area contributed by atoms with E-state index in [0.29, 0.717) is 45.0 Å². The molecular formula is C21H22Cl3N5O2. The molecule has 7 nitrogen and oxygen atoms in total. The lowest BCUT2D eigenvalue weighted by Crippen LogP contribution is -2.24. The van der Waals surface area contributed by atoms with Crippen LogP contribution in [0.15, 0.2) is 30.6 Å². The minimum absolute atomic E-state index is 0.0395. The summed E-state index contributed by atoms with van der Waals surface area (Å²) in [7, 11) is 1.48. The molecule has 0 spiro atoms. The molecule has 0 amide bonds. The second kappa shape index (κ2) is 8.82. The maximum Gasteiger partial charge on any atom is 0.183 e. The number of nitrogens with zero attached hydrogens (tertiary/aromatic N) is 3. The molecule has 1 fully saturated rings. The average molecular weight is 483 g/mol. The van der Waals surface area contributed by atoms with Crippen molar-refractivity contribution in [1.29, 1.82) is 5.41 Å². The molecule has 0 saturated heterocycles. The van der Waals surface area contributed by atoms with Crippen molar-refractivity contribution in [3.8, 4) is 0 Å². The van der Waals surface area contributed by atoms with Gasteiger partial charge in [-0.3, -0.25) is 5.41 Å². The molecule has 1 aliphatic rings. The Bertz CT molecular complexity index is 1140. The fourth-order valence-corrected chi connectivity index (χ4v) is 4.91. The Kier molecular flexibility index (Phi) is 6.30. The van der Waals surface area contributed by atoms with Crippen LogP contribution < -0.4 is 5.32 Å². The number of aromatic nitrogens is 3. The Morgan fingerprint density at radius 2 is 2.10 bits per heavy atom. The van der Waals surface area contributed by atoms with Gasteiger partial charge in [-0.15, -0.1) is 0 Å². The van der Waals surface area contributed by atoms with E-state index in [-0.39, 0.29) is 23.8 Å². The Balaban J connectivity index is 1.67. The van der Waals surface area contributed by atoms with Crippen molar-refractivity contribution in [2.24, 2.45) is 11.8 Å². The number of methoxy groups -OCH3 is 1. The number of aliphatic hydroxyl groups excluding tert-OH is 1. The summed E-state index contributed by atoms with van der Waals surface area (Å²) in [5.74, 6) is -0.0447. The van der Waals surface area contributed by atoms with Gasteiger partial charge in [0.05, 0.1) is 31.3 Å². The van der Waals surface area contributed by atoms with Gasteiger partial charge in [-0.05, 0) is 36.1 Å². The number of fused-ring (bicyclic) bond motifs is 1. The first-order valence-corrected chi connectivity index (χ1v) is 10.9. The van der Waals surface area contributed by atoms with Gasteiger partial charge in [0.1, 0.15) is 10.7 Å². The zero-order valence-electron chi connectivity index (χ0n) is 16.9. The van der Waals surface area contributed by atoms with E-state index in [0.717, 1.165) is 5.56 Å². The second-order valence-corrected chi connectivity index (χ2v) is 8.96. The van der Waals surface area contributed by atoms with Crippen LogP contribution in [-0.4, -0.2) is 38.8 Å². The normalized spacial score (nSPS) is 23.3. The number of nitrogens with one attached hydrogen (secondary N) is 2. The predicted molar refractivity (Wildman–Crippen MR) is 123 cm³/mol. The van der Waals surface area contributed by atoms with Crippen molar-refractivity contribution in [3.63, 3.8) is 0 Å². The summed E-state index contributed by atoms with van der Waals surface area (Å²) >= 11 is 18.7. The Labute approximate surface area is 194 Å². The van der Waals surface area contributed by atoms with Gasteiger partial charge in [0.2, 0.25) is 0 Å². The summed E-state index contributed by atoms with van der Waals surface area (Å²) in [6, 6.07) is 6.70. The van der Waals surface area contributed by atoms with E-state index < -0.39 is 6.10 Å². The van der Waals surface area contributed by atoms with Gasteiger partial charge in [0.25, 0.3) is 0 Å². The Morgan fingerprint density at radius 1 is 1.32 bits per heavy atom. The summed E-state index contributed by atoms with van der Waals surface area (Å²) < 4.78 is 6.96. The third-order valence-electron chi connectivity index (χ3n) is 5.92. The minimum atomic E-state index is -0.657. The first kappa shape index (κ1) is 22.1. The number of halogens is 3. The van der Waals surface area contributed by atoms with E-state index in [1.165, 1.54) is 7.11 Å². The number of anilines is 1. The fraction of sp³-hybridized carbons (Fsp3) is 0.381. The smallest absolute Gasteiger partial charge is 0.183 e. The third-order valence-corrected chi connectivity index (χ3v) is 6.71. The maximum absolute atomic E-state index is 10.7. The van der Waals surface area contributed by atoms with E-state index in [1.807, 2.05) is 11.5 Å². The van der Waals surface area contributed by atoms with Gasteiger partial charge in [-0.25, -0.2) is 9.97 Å². The molecule has 3 aromatic rings. The van der Waals surface area contributed by atoms with Gasteiger partial charge in [0, 0.05) is 28.6 Å². The summed E-state index contributed by atoms with van der Waals surface area (Å²) in [6.07, 6.45) is 1.45. The first-order chi connectivity index (χ1) is 14.8. The van der Waals surface area contributed by atoms with Crippen molar-refractivity contribution >= 4 is 57.6 Å². The number of hydrogen-bond donors (Lipinski definition) is 3. The van der Waals surface area contributed by atoms with Crippen LogP contribution >= 0.6 is 34.8 Å². The quantitative estimate of drug-likeness (QED) is 0.264. The number of hydrogen-bond acceptors (Lipinski definition) is 6. The van der Waals surface area contributed by atoms with Crippen LogP contribution in [0, 0.1) is 17.2 Å². The molecule has 3 N–H and O–H groups in total. The summed E-state index contributed by atoms with van der Waals surface area (Å²) in [4.78, 5) is 9.01. The van der Waals surface area contributed by atoms with Crippen molar-refractivity contribution in [2.75, 3.05) is 12.4 Å². The molecule has 1 aliphatic carbocycles. The Morgan fingerprint density at radius 3 is 2.84 bits per heavy atom. The molecule has 4 rings (SSSR count). The van der Waals surface area contributed by atoms with E-state index >= 15 is 0 Å². The van der Waals surface area contributed by atoms with E-state index in [2.05, 4.69) is 15.3 Å². The first-order valence-electron chi connectivity index (χ1n) is 9.81. The van der Waals surface area contributed by atoms with Crippen molar-refractivity contribution in [2.45, 2.75) is 32.0 Å². The minimum Gasteiger partial charge on any atom is -0.484 e. The van der Waals surface area contributed by atoms with Crippen LogP contribution in [0.4, 0.5) is 5.69 Å². The lowest BCUT2D eigenvalue weighted by molar-refractivity contribution is 0.126. The van der Waals surface area contributed by atoms with E-state index in [4.69, 9.17) is 44.9 Å². The zero-order chi connectivity index (χ0) is 22.3. The van der Waals surface area contributed by atoms with E-state index in [1.54, 1.807) is 30.6 Å². The summed E-state index contributed by atoms with van der Waals surface area (Å²) in [5.41, 5.74) is 2.74. The highest BCUT2D eigenvalue weighted by Gasteiger charge is 2.44. The lowest BCUT2D eigenvalue weighted by Gasteiger charge is -2.23.